The van der Waals surface area contributed by atoms with Gasteiger partial charge in [-0.1, -0.05) is 6.07 Å². The Morgan fingerprint density at radius 2 is 2.00 bits per heavy atom. The minimum atomic E-state index is -0.251. The van der Waals surface area contributed by atoms with E-state index in [1.165, 1.54) is 0 Å². The number of hydrogen-bond donors (Lipinski definition) is 3. The maximum absolute atomic E-state index is 11.9. The number of aliphatic imine (C=N–C) groups is 1. The van der Waals surface area contributed by atoms with E-state index in [9.17, 15) is 4.79 Å². The largest absolute Gasteiger partial charge is 0.357 e. The Hall–Kier alpha value is -1.91. The summed E-state index contributed by atoms with van der Waals surface area (Å²) < 4.78 is 2.00. The zero-order valence-electron chi connectivity index (χ0n) is 16.5. The van der Waals surface area contributed by atoms with Crippen LogP contribution in [0.3, 0.4) is 0 Å². The average molecular weight is 487 g/mol. The number of nitrogens with zero attached hydrogens (tertiary/aromatic N) is 4. The molecular weight excluding hydrogens is 457 g/mol. The number of hydrogen-bond acceptors (Lipinski definition) is 4. The Balaban J connectivity index is 0.00000364. The van der Waals surface area contributed by atoms with E-state index in [4.69, 9.17) is 0 Å². The first kappa shape index (κ1) is 23.1. The van der Waals surface area contributed by atoms with Crippen molar-refractivity contribution in [3.63, 3.8) is 0 Å². The van der Waals surface area contributed by atoms with Gasteiger partial charge in [0.2, 0.25) is 5.91 Å². The van der Waals surface area contributed by atoms with E-state index in [0.29, 0.717) is 5.96 Å². The molecule has 9 heteroatoms. The summed E-state index contributed by atoms with van der Waals surface area (Å²) in [6, 6.07) is 5.86. The summed E-state index contributed by atoms with van der Waals surface area (Å²) in [5.74, 6) is 1.49. The number of amides is 1. The summed E-state index contributed by atoms with van der Waals surface area (Å²) in [6.07, 6.45) is 3.66. The van der Waals surface area contributed by atoms with Crippen molar-refractivity contribution in [2.45, 2.75) is 46.1 Å². The molecule has 1 amide bonds. The molecule has 0 aromatic carbocycles. The summed E-state index contributed by atoms with van der Waals surface area (Å²) >= 11 is 0. The van der Waals surface area contributed by atoms with Gasteiger partial charge in [-0.15, -0.1) is 34.2 Å². The van der Waals surface area contributed by atoms with Crippen LogP contribution in [0, 0.1) is 0 Å². The van der Waals surface area contributed by atoms with Crippen molar-refractivity contribution in [2.75, 3.05) is 19.6 Å². The summed E-state index contributed by atoms with van der Waals surface area (Å²) in [4.78, 5) is 16.2. The van der Waals surface area contributed by atoms with E-state index < -0.39 is 0 Å². The summed E-state index contributed by atoms with van der Waals surface area (Å²) in [7, 11) is 0. The van der Waals surface area contributed by atoms with Crippen molar-refractivity contribution in [2.24, 2.45) is 4.99 Å². The molecule has 0 saturated heterocycles. The highest BCUT2D eigenvalue weighted by Crippen LogP contribution is 2.04. The molecule has 0 aliphatic carbocycles. The van der Waals surface area contributed by atoms with E-state index in [2.05, 4.69) is 31.1 Å². The van der Waals surface area contributed by atoms with Crippen LogP contribution in [-0.2, 0) is 11.2 Å². The van der Waals surface area contributed by atoms with E-state index >= 15 is 0 Å². The van der Waals surface area contributed by atoms with Crippen LogP contribution in [0.25, 0.3) is 5.65 Å². The van der Waals surface area contributed by atoms with Crippen LogP contribution in [0.2, 0.25) is 0 Å². The van der Waals surface area contributed by atoms with Crippen molar-refractivity contribution >= 4 is 41.5 Å². The number of pyridine rings is 1. The van der Waals surface area contributed by atoms with Crippen molar-refractivity contribution in [1.82, 2.24) is 30.5 Å². The van der Waals surface area contributed by atoms with Crippen LogP contribution in [0.5, 0.6) is 0 Å². The zero-order chi connectivity index (χ0) is 19.0. The third-order valence-electron chi connectivity index (χ3n) is 3.49. The van der Waals surface area contributed by atoms with Gasteiger partial charge in [-0.2, -0.15) is 0 Å². The fourth-order valence-corrected chi connectivity index (χ4v) is 2.47. The normalized spacial score (nSPS) is 11.8. The number of nitrogens with one attached hydrogen (secondary N) is 3. The molecule has 0 spiro atoms. The molecule has 150 valence electrons. The lowest BCUT2D eigenvalue weighted by Gasteiger charge is -2.20. The number of fused-ring (bicyclic) bond motifs is 1. The lowest BCUT2D eigenvalue weighted by Crippen LogP contribution is -2.43. The highest BCUT2D eigenvalue weighted by molar-refractivity contribution is 14.0. The summed E-state index contributed by atoms with van der Waals surface area (Å²) in [6.45, 7) is 9.41. The van der Waals surface area contributed by atoms with Crippen molar-refractivity contribution < 1.29 is 4.79 Å². The number of aromatic nitrogens is 3. The molecule has 0 bridgehead atoms. The molecule has 2 aromatic heterocycles. The third-order valence-corrected chi connectivity index (χ3v) is 3.49. The lowest BCUT2D eigenvalue weighted by molar-refractivity contribution is -0.121. The van der Waals surface area contributed by atoms with Gasteiger partial charge in [-0.05, 0) is 46.2 Å². The molecule has 0 atom stereocenters. The molecule has 8 nitrogen and oxygen atoms in total. The second-order valence-corrected chi connectivity index (χ2v) is 7.07. The van der Waals surface area contributed by atoms with E-state index in [1.807, 2.05) is 56.5 Å². The first-order valence-corrected chi connectivity index (χ1v) is 9.01. The molecular formula is C18H30IN7O. The van der Waals surface area contributed by atoms with Gasteiger partial charge in [0.1, 0.15) is 12.4 Å². The summed E-state index contributed by atoms with van der Waals surface area (Å²) in [5.41, 5.74) is 0.606. The molecule has 0 aliphatic rings. The van der Waals surface area contributed by atoms with Crippen LogP contribution in [-0.4, -0.2) is 51.6 Å². The molecule has 0 aliphatic heterocycles. The van der Waals surface area contributed by atoms with Crippen LogP contribution in [0.15, 0.2) is 29.4 Å². The third kappa shape index (κ3) is 8.10. The first-order chi connectivity index (χ1) is 12.4. The van der Waals surface area contributed by atoms with Gasteiger partial charge in [0, 0.05) is 31.2 Å². The monoisotopic (exact) mass is 487 g/mol. The zero-order valence-corrected chi connectivity index (χ0v) is 18.8. The first-order valence-electron chi connectivity index (χ1n) is 9.01. The molecule has 2 rings (SSSR count). The maximum Gasteiger partial charge on any atom is 0.242 e. The minimum Gasteiger partial charge on any atom is -0.357 e. The molecule has 0 radical (unpaired) electrons. The Kier molecular flexibility index (Phi) is 9.47. The maximum atomic E-state index is 11.9. The van der Waals surface area contributed by atoms with Gasteiger partial charge >= 0.3 is 0 Å². The Morgan fingerprint density at radius 1 is 1.22 bits per heavy atom. The number of guanidine groups is 1. The van der Waals surface area contributed by atoms with Crippen molar-refractivity contribution in [3.8, 4) is 0 Å². The van der Waals surface area contributed by atoms with Gasteiger partial charge in [0.05, 0.1) is 0 Å². The smallest absolute Gasteiger partial charge is 0.242 e. The predicted octanol–water partition coefficient (Wildman–Crippen LogP) is 1.75. The summed E-state index contributed by atoms with van der Waals surface area (Å²) in [5, 5.41) is 17.7. The number of aryl methyl sites for hydroxylation is 1. The quantitative estimate of drug-likeness (QED) is 0.240. The van der Waals surface area contributed by atoms with E-state index in [0.717, 1.165) is 37.4 Å². The van der Waals surface area contributed by atoms with Crippen LogP contribution in [0.4, 0.5) is 0 Å². The molecule has 2 aromatic rings. The van der Waals surface area contributed by atoms with E-state index in [1.54, 1.807) is 0 Å². The predicted molar refractivity (Wildman–Crippen MR) is 119 cm³/mol. The molecule has 0 saturated carbocycles. The fraction of sp³-hybridized carbons (Fsp3) is 0.556. The molecule has 3 N–H and O–H groups in total. The van der Waals surface area contributed by atoms with Crippen LogP contribution >= 0.6 is 24.0 Å². The van der Waals surface area contributed by atoms with Gasteiger partial charge in [-0.25, -0.2) is 4.99 Å². The van der Waals surface area contributed by atoms with Gasteiger partial charge < -0.3 is 16.0 Å². The second kappa shape index (κ2) is 11.1. The van der Waals surface area contributed by atoms with Crippen molar-refractivity contribution in [3.05, 3.63) is 30.2 Å². The van der Waals surface area contributed by atoms with Gasteiger partial charge in [-0.3, -0.25) is 9.20 Å². The Bertz CT molecular complexity index is 751. The highest BCUT2D eigenvalue weighted by atomic mass is 127. The molecule has 0 unspecified atom stereocenters. The number of carbonyl (C=O) groups excluding carboxylic acids is 1. The minimum absolute atomic E-state index is 0. The van der Waals surface area contributed by atoms with Gasteiger partial charge in [0.25, 0.3) is 0 Å². The van der Waals surface area contributed by atoms with Crippen LogP contribution in [0.1, 0.15) is 39.9 Å². The number of carbonyl (C=O) groups is 1. The molecule has 0 fully saturated rings. The highest BCUT2D eigenvalue weighted by Gasteiger charge is 2.13. The second-order valence-electron chi connectivity index (χ2n) is 7.07. The standard InChI is InChI=1S/C18H29N7O.HI/c1-5-19-17(21-13-16(26)22-18(2,3)4)20-11-8-10-15-24-23-14-9-6-7-12-25(14)15;/h6-7,9,12H,5,8,10-11,13H2,1-4H3,(H,22,26)(H2,19,20,21);1H. The SMILES string of the molecule is CCNC(=NCC(=O)NC(C)(C)C)NCCCc1nnc2ccccn12.I. The van der Waals surface area contributed by atoms with E-state index in [-0.39, 0.29) is 42.0 Å². The van der Waals surface area contributed by atoms with Crippen LogP contribution < -0.4 is 16.0 Å². The topological polar surface area (TPSA) is 95.7 Å². The fourth-order valence-electron chi connectivity index (χ4n) is 2.47. The average Bonchev–Trinajstić information content (AvgIpc) is 2.98. The number of rotatable bonds is 7. The van der Waals surface area contributed by atoms with Gasteiger partial charge in [0.15, 0.2) is 11.6 Å². The molecule has 27 heavy (non-hydrogen) atoms. The number of halogens is 1. The lowest BCUT2D eigenvalue weighted by atomic mass is 10.1. The van der Waals surface area contributed by atoms with Crippen molar-refractivity contribution in [1.29, 1.82) is 0 Å². The molecule has 2 heterocycles. The Morgan fingerprint density at radius 3 is 2.70 bits per heavy atom. The Labute approximate surface area is 177 Å².